The van der Waals surface area contributed by atoms with Crippen LogP contribution in [-0.4, -0.2) is 67.7 Å². The fraction of sp³-hybridized carbons (Fsp3) is 0.528. The van der Waals surface area contributed by atoms with Crippen LogP contribution in [0.2, 0.25) is 0 Å². The van der Waals surface area contributed by atoms with Gasteiger partial charge in [0.2, 0.25) is 0 Å². The van der Waals surface area contributed by atoms with Crippen LogP contribution in [0.3, 0.4) is 0 Å². The number of esters is 1. The Labute approximate surface area is 371 Å². The molecule has 0 aromatic heterocycles. The molecule has 0 amide bonds. The molecule has 0 bridgehead atoms. The molecule has 338 valence electrons. The van der Waals surface area contributed by atoms with Gasteiger partial charge in [0.05, 0.1) is 39.6 Å². The van der Waals surface area contributed by atoms with E-state index in [9.17, 15) is 9.90 Å². The molecule has 62 heavy (non-hydrogen) atoms. The average molecular weight is 853 g/mol. The highest BCUT2D eigenvalue weighted by Crippen LogP contribution is 2.32. The van der Waals surface area contributed by atoms with E-state index in [1.54, 1.807) is 0 Å². The van der Waals surface area contributed by atoms with Crippen LogP contribution >= 0.6 is 0 Å². The van der Waals surface area contributed by atoms with Gasteiger partial charge in [-0.1, -0.05) is 205 Å². The molecule has 1 aliphatic rings. The number of rotatable bonds is 32. The number of unbranched alkanes of at least 4 members (excludes halogenated alkanes) is 12. The van der Waals surface area contributed by atoms with Crippen molar-refractivity contribution in [3.8, 4) is 0 Å². The summed E-state index contributed by atoms with van der Waals surface area (Å²) in [6.07, 6.45) is 11.7. The third-order valence-electron chi connectivity index (χ3n) is 11.2. The maximum absolute atomic E-state index is 12.6. The zero-order valence-electron chi connectivity index (χ0n) is 37.1. The largest absolute Gasteiger partial charge is 0.463 e. The van der Waals surface area contributed by atoms with Crippen molar-refractivity contribution in [3.63, 3.8) is 0 Å². The summed E-state index contributed by atoms with van der Waals surface area (Å²) in [5.74, 6) is -0.312. The third-order valence-corrected chi connectivity index (χ3v) is 11.2. The molecule has 1 aliphatic heterocycles. The lowest BCUT2D eigenvalue weighted by Crippen LogP contribution is -2.62. The van der Waals surface area contributed by atoms with E-state index < -0.39 is 36.8 Å². The monoisotopic (exact) mass is 853 g/mol. The Kier molecular flexibility index (Phi) is 23.9. The van der Waals surface area contributed by atoms with Gasteiger partial charge < -0.3 is 38.3 Å². The summed E-state index contributed by atoms with van der Waals surface area (Å²) in [6.45, 7) is 3.37. The van der Waals surface area contributed by atoms with E-state index in [0.717, 1.165) is 41.5 Å². The van der Waals surface area contributed by atoms with E-state index in [1.807, 2.05) is 121 Å². The van der Waals surface area contributed by atoms with Crippen molar-refractivity contribution in [1.82, 2.24) is 0 Å². The zero-order valence-corrected chi connectivity index (χ0v) is 37.1. The van der Waals surface area contributed by atoms with Gasteiger partial charge in [-0.15, -0.1) is 0 Å². The Morgan fingerprint density at radius 3 is 1.42 bits per heavy atom. The first kappa shape index (κ1) is 49.1. The maximum atomic E-state index is 12.6. The first-order chi connectivity index (χ1) is 30.6. The lowest BCUT2D eigenvalue weighted by molar-refractivity contribution is -0.331. The Bertz CT molecular complexity index is 1690. The minimum Gasteiger partial charge on any atom is -0.463 e. The van der Waals surface area contributed by atoms with Crippen molar-refractivity contribution in [1.29, 1.82) is 0 Å². The zero-order chi connectivity index (χ0) is 43.3. The fourth-order valence-electron chi connectivity index (χ4n) is 7.68. The molecule has 1 fully saturated rings. The van der Waals surface area contributed by atoms with Crippen LogP contribution in [0.1, 0.15) is 119 Å². The topological polar surface area (TPSA) is 102 Å². The molecule has 0 aliphatic carbocycles. The lowest BCUT2D eigenvalue weighted by atomic mass is 9.97. The Balaban J connectivity index is 1.19. The van der Waals surface area contributed by atoms with Crippen molar-refractivity contribution in [2.75, 3.05) is 19.8 Å². The Hall–Kier alpha value is -3.93. The molecular weight excluding hydrogens is 781 g/mol. The normalized spacial score (nSPS) is 19.3. The van der Waals surface area contributed by atoms with Gasteiger partial charge in [-0.2, -0.15) is 0 Å². The quantitative estimate of drug-likeness (QED) is 0.0380. The molecule has 0 saturated carbocycles. The molecule has 1 heterocycles. The fourth-order valence-corrected chi connectivity index (χ4v) is 7.68. The molecule has 6 atom stereocenters. The molecule has 0 radical (unpaired) electrons. The molecule has 4 aromatic rings. The summed E-state index contributed by atoms with van der Waals surface area (Å²) in [5, 5.41) is 11.0. The predicted molar refractivity (Wildman–Crippen MR) is 243 cm³/mol. The molecule has 5 rings (SSSR count). The van der Waals surface area contributed by atoms with Crippen LogP contribution in [0.15, 0.2) is 121 Å². The van der Waals surface area contributed by atoms with E-state index in [2.05, 4.69) is 6.92 Å². The van der Waals surface area contributed by atoms with E-state index in [4.69, 9.17) is 33.2 Å². The van der Waals surface area contributed by atoms with Crippen molar-refractivity contribution in [3.05, 3.63) is 144 Å². The van der Waals surface area contributed by atoms with Gasteiger partial charge >= 0.3 is 5.97 Å². The second-order valence-electron chi connectivity index (χ2n) is 16.5. The summed E-state index contributed by atoms with van der Waals surface area (Å²) < 4.78 is 45.0. The number of hydrogen-bond donors (Lipinski definition) is 1. The van der Waals surface area contributed by atoms with E-state index in [-0.39, 0.29) is 32.4 Å². The second kappa shape index (κ2) is 30.2. The van der Waals surface area contributed by atoms with Crippen LogP contribution < -0.4 is 0 Å². The van der Waals surface area contributed by atoms with Gasteiger partial charge in [0.1, 0.15) is 37.1 Å². The number of carbonyl (C=O) groups excluding carboxylic acids is 1. The SMILES string of the molecule is CCCCCCCCCCCCCCCC(=O)OC[C@@H](O)CO[C@@H]1O[C@H](COCc2ccccc2)[C@@H](OCc2ccccc2)[C@H](OCc2ccccc2)[C@H]1OCc1ccccc1. The number of carbonyl (C=O) groups is 1. The molecule has 9 heteroatoms. The van der Waals surface area contributed by atoms with Crippen LogP contribution in [0.5, 0.6) is 0 Å². The highest BCUT2D eigenvalue weighted by Gasteiger charge is 2.49. The predicted octanol–water partition coefficient (Wildman–Crippen LogP) is 11.1. The number of hydrogen-bond acceptors (Lipinski definition) is 9. The van der Waals surface area contributed by atoms with Crippen LogP contribution in [0.4, 0.5) is 0 Å². The van der Waals surface area contributed by atoms with E-state index >= 15 is 0 Å². The number of benzene rings is 4. The molecular formula is C53H72O9. The van der Waals surface area contributed by atoms with Gasteiger partial charge in [0.15, 0.2) is 6.29 Å². The van der Waals surface area contributed by atoms with Crippen molar-refractivity contribution < 1.29 is 43.1 Å². The Morgan fingerprint density at radius 1 is 0.516 bits per heavy atom. The number of ether oxygens (including phenoxy) is 7. The van der Waals surface area contributed by atoms with Gasteiger partial charge in [0, 0.05) is 6.42 Å². The summed E-state index contributed by atoms with van der Waals surface area (Å²) in [5.41, 5.74) is 4.00. The average Bonchev–Trinajstić information content (AvgIpc) is 3.31. The van der Waals surface area contributed by atoms with Crippen LogP contribution in [-0.2, 0) is 64.4 Å². The minimum atomic E-state index is -1.08. The van der Waals surface area contributed by atoms with Crippen LogP contribution in [0, 0.1) is 0 Å². The summed E-state index contributed by atoms with van der Waals surface area (Å²) in [4.78, 5) is 12.6. The van der Waals surface area contributed by atoms with E-state index in [1.165, 1.54) is 64.2 Å². The van der Waals surface area contributed by atoms with Gasteiger partial charge in [0.25, 0.3) is 0 Å². The maximum Gasteiger partial charge on any atom is 0.305 e. The highest BCUT2D eigenvalue weighted by atomic mass is 16.7. The summed E-state index contributed by atoms with van der Waals surface area (Å²) in [6, 6.07) is 39.8. The summed E-state index contributed by atoms with van der Waals surface area (Å²) in [7, 11) is 0. The molecule has 9 nitrogen and oxygen atoms in total. The smallest absolute Gasteiger partial charge is 0.305 e. The lowest BCUT2D eigenvalue weighted by Gasteiger charge is -2.46. The van der Waals surface area contributed by atoms with Gasteiger partial charge in [-0.05, 0) is 28.7 Å². The molecule has 1 N–H and O–H groups in total. The molecule has 1 saturated heterocycles. The highest BCUT2D eigenvalue weighted by molar-refractivity contribution is 5.69. The molecule has 4 aromatic carbocycles. The standard InChI is InChI=1S/C53H72O9/c1-2-3-4-5-6-7-8-9-10-11-12-13-26-35-49(55)57-40-47(54)41-61-53-52(60-39-46-33-24-17-25-34-46)51(59-38-45-31-22-16-23-32-45)50(58-37-44-29-20-15-21-30-44)48(62-53)42-56-36-43-27-18-14-19-28-43/h14-25,27-34,47-48,50-54H,2-13,26,35-42H2,1H3/t47-,48-,50-,51+,52-,53-/m1/s1. The third kappa shape index (κ3) is 19.2. The first-order valence-corrected chi connectivity index (χ1v) is 23.3. The van der Waals surface area contributed by atoms with Crippen molar-refractivity contribution in [2.24, 2.45) is 0 Å². The molecule has 0 unspecified atom stereocenters. The van der Waals surface area contributed by atoms with Crippen molar-refractivity contribution >= 4 is 5.97 Å². The minimum absolute atomic E-state index is 0.152. The number of aliphatic hydroxyl groups excluding tert-OH is 1. The molecule has 0 spiro atoms. The first-order valence-electron chi connectivity index (χ1n) is 23.3. The van der Waals surface area contributed by atoms with Crippen molar-refractivity contribution in [2.45, 2.75) is 160 Å². The van der Waals surface area contributed by atoms with Gasteiger partial charge in [-0.3, -0.25) is 4.79 Å². The summed E-state index contributed by atoms with van der Waals surface area (Å²) >= 11 is 0. The van der Waals surface area contributed by atoms with Crippen LogP contribution in [0.25, 0.3) is 0 Å². The number of aliphatic hydroxyl groups is 1. The van der Waals surface area contributed by atoms with E-state index in [0.29, 0.717) is 26.2 Å². The Morgan fingerprint density at radius 2 is 0.935 bits per heavy atom. The van der Waals surface area contributed by atoms with Gasteiger partial charge in [-0.25, -0.2) is 0 Å². The second-order valence-corrected chi connectivity index (χ2v) is 16.5.